The predicted octanol–water partition coefficient (Wildman–Crippen LogP) is 3.37. The van der Waals surface area contributed by atoms with Crippen molar-refractivity contribution >= 4 is 21.9 Å². The van der Waals surface area contributed by atoms with Crippen LogP contribution in [0.3, 0.4) is 0 Å². The van der Waals surface area contributed by atoms with Crippen molar-refractivity contribution < 1.29 is 4.39 Å². The molecule has 1 aliphatic heterocycles. The fourth-order valence-electron chi connectivity index (χ4n) is 2.69. The summed E-state index contributed by atoms with van der Waals surface area (Å²) >= 11 is 3.24. The Hall–Kier alpha value is -1.53. The van der Waals surface area contributed by atoms with Crippen molar-refractivity contribution in [1.82, 2.24) is 14.9 Å². The van der Waals surface area contributed by atoms with E-state index < -0.39 is 0 Å². The largest absolute Gasteiger partial charge is 0.350 e. The summed E-state index contributed by atoms with van der Waals surface area (Å²) in [6.45, 7) is 4.73. The molecule has 1 saturated heterocycles. The molecule has 0 amide bonds. The summed E-state index contributed by atoms with van der Waals surface area (Å²) in [6, 6.07) is 7.43. The van der Waals surface area contributed by atoms with Gasteiger partial charge in [-0.1, -0.05) is 6.07 Å². The molecule has 3 rings (SSSR count). The molecule has 2 heterocycles. The van der Waals surface area contributed by atoms with Crippen LogP contribution in [-0.2, 0) is 6.54 Å². The number of likely N-dealkylation sites (tertiary alicyclic amines) is 1. The molecule has 116 valence electrons. The van der Waals surface area contributed by atoms with Gasteiger partial charge in [0.05, 0.1) is 4.47 Å². The topological polar surface area (TPSA) is 41.1 Å². The summed E-state index contributed by atoms with van der Waals surface area (Å²) in [5, 5.41) is 3.38. The first-order valence-corrected chi connectivity index (χ1v) is 8.12. The average molecular weight is 365 g/mol. The fourth-order valence-corrected chi connectivity index (χ4v) is 3.12. The Morgan fingerprint density at radius 1 is 1.41 bits per heavy atom. The minimum Gasteiger partial charge on any atom is -0.350 e. The molecule has 1 aromatic heterocycles. The second kappa shape index (κ2) is 6.71. The molecule has 0 bridgehead atoms. The van der Waals surface area contributed by atoms with Gasteiger partial charge < -0.3 is 5.32 Å². The smallest absolute Gasteiger partial charge is 0.223 e. The third-order valence-corrected chi connectivity index (χ3v) is 4.40. The third-order valence-electron chi connectivity index (χ3n) is 3.79. The lowest BCUT2D eigenvalue weighted by molar-refractivity contribution is 0.328. The normalized spacial score (nSPS) is 18.6. The first-order valence-electron chi connectivity index (χ1n) is 7.32. The Labute approximate surface area is 137 Å². The van der Waals surface area contributed by atoms with Crippen molar-refractivity contribution in [3.05, 3.63) is 52.0 Å². The van der Waals surface area contributed by atoms with Gasteiger partial charge in [-0.15, -0.1) is 0 Å². The van der Waals surface area contributed by atoms with E-state index in [-0.39, 0.29) is 5.82 Å². The van der Waals surface area contributed by atoms with Crippen LogP contribution in [0.2, 0.25) is 0 Å². The Balaban J connectivity index is 1.57. The lowest BCUT2D eigenvalue weighted by Crippen LogP contribution is -2.26. The second-order valence-electron chi connectivity index (χ2n) is 5.64. The van der Waals surface area contributed by atoms with E-state index in [1.54, 1.807) is 6.20 Å². The zero-order valence-corrected chi connectivity index (χ0v) is 14.0. The van der Waals surface area contributed by atoms with Gasteiger partial charge in [0.1, 0.15) is 5.82 Å². The Bertz CT molecular complexity index is 664. The number of aromatic nitrogens is 2. The van der Waals surface area contributed by atoms with Gasteiger partial charge >= 0.3 is 0 Å². The molecule has 6 heteroatoms. The molecule has 2 aromatic rings. The maximum absolute atomic E-state index is 13.3. The SMILES string of the molecule is Cc1ccnc(NC2CCN(Cc3ccc(F)c(Br)c3)C2)n1. The molecular weight excluding hydrogens is 347 g/mol. The minimum absolute atomic E-state index is 0.221. The van der Waals surface area contributed by atoms with Gasteiger partial charge in [-0.3, -0.25) is 4.90 Å². The van der Waals surface area contributed by atoms with Crippen LogP contribution in [0.25, 0.3) is 0 Å². The molecule has 0 spiro atoms. The van der Waals surface area contributed by atoms with E-state index in [1.165, 1.54) is 6.07 Å². The predicted molar refractivity (Wildman–Crippen MR) is 88.2 cm³/mol. The Morgan fingerprint density at radius 2 is 2.27 bits per heavy atom. The fraction of sp³-hybridized carbons (Fsp3) is 0.375. The Morgan fingerprint density at radius 3 is 3.05 bits per heavy atom. The summed E-state index contributed by atoms with van der Waals surface area (Å²) in [4.78, 5) is 11.0. The van der Waals surface area contributed by atoms with E-state index in [1.807, 2.05) is 25.1 Å². The Kier molecular flexibility index (Phi) is 4.69. The van der Waals surface area contributed by atoms with Gasteiger partial charge in [0.25, 0.3) is 0 Å². The van der Waals surface area contributed by atoms with Crippen molar-refractivity contribution in [1.29, 1.82) is 0 Å². The number of rotatable bonds is 4. The summed E-state index contributed by atoms with van der Waals surface area (Å²) in [5.41, 5.74) is 2.07. The maximum atomic E-state index is 13.3. The van der Waals surface area contributed by atoms with Gasteiger partial charge in [0.2, 0.25) is 5.95 Å². The molecule has 1 N–H and O–H groups in total. The van der Waals surface area contributed by atoms with E-state index in [9.17, 15) is 4.39 Å². The van der Waals surface area contributed by atoms with Crippen LogP contribution in [-0.4, -0.2) is 34.0 Å². The molecule has 1 fully saturated rings. The van der Waals surface area contributed by atoms with Gasteiger partial charge in [-0.25, -0.2) is 14.4 Å². The van der Waals surface area contributed by atoms with E-state index in [0.717, 1.165) is 37.3 Å². The molecule has 0 radical (unpaired) electrons. The van der Waals surface area contributed by atoms with Gasteiger partial charge in [0, 0.05) is 37.6 Å². The van der Waals surface area contributed by atoms with E-state index in [4.69, 9.17) is 0 Å². The quantitative estimate of drug-likeness (QED) is 0.902. The van der Waals surface area contributed by atoms with Crippen molar-refractivity contribution in [2.24, 2.45) is 0 Å². The summed E-state index contributed by atoms with van der Waals surface area (Å²) < 4.78 is 13.8. The number of nitrogens with one attached hydrogen (secondary N) is 1. The molecule has 22 heavy (non-hydrogen) atoms. The number of nitrogens with zero attached hydrogens (tertiary/aromatic N) is 3. The summed E-state index contributed by atoms with van der Waals surface area (Å²) in [5.74, 6) is 0.470. The number of halogens is 2. The van der Waals surface area contributed by atoms with Crippen LogP contribution in [0.5, 0.6) is 0 Å². The van der Waals surface area contributed by atoms with Gasteiger partial charge in [0.15, 0.2) is 0 Å². The molecule has 1 aromatic carbocycles. The van der Waals surface area contributed by atoms with Crippen molar-refractivity contribution in [3.8, 4) is 0 Å². The monoisotopic (exact) mass is 364 g/mol. The average Bonchev–Trinajstić information content (AvgIpc) is 2.90. The third kappa shape index (κ3) is 3.81. The molecule has 0 aliphatic carbocycles. The van der Waals surface area contributed by atoms with Crippen LogP contribution in [0.1, 0.15) is 17.7 Å². The highest BCUT2D eigenvalue weighted by Gasteiger charge is 2.23. The number of hydrogen-bond acceptors (Lipinski definition) is 4. The number of benzene rings is 1. The van der Waals surface area contributed by atoms with E-state index >= 15 is 0 Å². The highest BCUT2D eigenvalue weighted by molar-refractivity contribution is 9.10. The molecule has 1 unspecified atom stereocenters. The molecule has 1 atom stereocenters. The van der Waals surface area contributed by atoms with Crippen molar-refractivity contribution in [3.63, 3.8) is 0 Å². The van der Waals surface area contributed by atoms with Gasteiger partial charge in [-0.05, 0) is 53.0 Å². The zero-order chi connectivity index (χ0) is 15.5. The van der Waals surface area contributed by atoms with Crippen molar-refractivity contribution in [2.45, 2.75) is 25.9 Å². The van der Waals surface area contributed by atoms with Crippen LogP contribution in [0.4, 0.5) is 10.3 Å². The number of anilines is 1. The van der Waals surface area contributed by atoms with Crippen LogP contribution in [0.15, 0.2) is 34.9 Å². The number of aryl methyl sites for hydroxylation is 1. The van der Waals surface area contributed by atoms with Crippen LogP contribution < -0.4 is 5.32 Å². The maximum Gasteiger partial charge on any atom is 0.223 e. The molecule has 4 nitrogen and oxygen atoms in total. The minimum atomic E-state index is -0.221. The standard InChI is InChI=1S/C16H18BrFN4/c1-11-4-6-19-16(20-11)21-13-5-7-22(10-13)9-12-2-3-15(18)14(17)8-12/h2-4,6,8,13H,5,7,9-10H2,1H3,(H,19,20,21). The van der Waals surface area contributed by atoms with Crippen LogP contribution in [0, 0.1) is 12.7 Å². The van der Waals surface area contributed by atoms with Crippen LogP contribution >= 0.6 is 15.9 Å². The highest BCUT2D eigenvalue weighted by Crippen LogP contribution is 2.20. The molecule has 0 saturated carbocycles. The van der Waals surface area contributed by atoms with E-state index in [0.29, 0.717) is 16.5 Å². The van der Waals surface area contributed by atoms with Gasteiger partial charge in [-0.2, -0.15) is 0 Å². The zero-order valence-electron chi connectivity index (χ0n) is 12.4. The number of hydrogen-bond donors (Lipinski definition) is 1. The molecular formula is C16H18BrFN4. The first-order chi connectivity index (χ1) is 10.6. The lowest BCUT2D eigenvalue weighted by Gasteiger charge is -2.17. The molecule has 1 aliphatic rings. The second-order valence-corrected chi connectivity index (χ2v) is 6.49. The summed E-state index contributed by atoms with van der Waals surface area (Å²) in [6.07, 6.45) is 2.83. The summed E-state index contributed by atoms with van der Waals surface area (Å²) in [7, 11) is 0. The lowest BCUT2D eigenvalue weighted by atomic mass is 10.2. The highest BCUT2D eigenvalue weighted by atomic mass is 79.9. The van der Waals surface area contributed by atoms with Crippen molar-refractivity contribution in [2.75, 3.05) is 18.4 Å². The first kappa shape index (κ1) is 15.4. The van der Waals surface area contributed by atoms with E-state index in [2.05, 4.69) is 36.1 Å².